The Labute approximate surface area is 87.9 Å². The van der Waals surface area contributed by atoms with Crippen LogP contribution in [0.25, 0.3) is 0 Å². The molecule has 1 saturated heterocycles. The number of hydrogen-bond donors (Lipinski definition) is 0. The summed E-state index contributed by atoms with van der Waals surface area (Å²) in [5.41, 5.74) is 0. The van der Waals surface area contributed by atoms with Gasteiger partial charge < -0.3 is 0 Å². The SMILES string of the molecule is CCCCC[N+]1([C]=O)CCCCCC1. The molecule has 0 saturated carbocycles. The van der Waals surface area contributed by atoms with Gasteiger partial charge in [-0.05, 0) is 38.5 Å². The number of hydrogen-bond acceptors (Lipinski definition) is 1. The molecule has 0 aromatic rings. The summed E-state index contributed by atoms with van der Waals surface area (Å²) in [7, 11) is 0. The predicted molar refractivity (Wildman–Crippen MR) is 58.5 cm³/mol. The van der Waals surface area contributed by atoms with Gasteiger partial charge in [0.15, 0.2) is 0 Å². The van der Waals surface area contributed by atoms with Gasteiger partial charge in [0.1, 0.15) is 0 Å². The van der Waals surface area contributed by atoms with Crippen LogP contribution in [0.15, 0.2) is 0 Å². The molecule has 14 heavy (non-hydrogen) atoms. The lowest BCUT2D eigenvalue weighted by molar-refractivity contribution is -0.838. The summed E-state index contributed by atoms with van der Waals surface area (Å²) < 4.78 is 0.625. The standard InChI is InChI=1S/C12H23NO/c1-2-3-6-9-13(12-14)10-7-4-5-8-11-13/h2-11H2,1H3/q+1. The minimum atomic E-state index is 0.625. The van der Waals surface area contributed by atoms with E-state index in [0.29, 0.717) is 4.48 Å². The van der Waals surface area contributed by atoms with Crippen molar-refractivity contribution in [2.75, 3.05) is 19.6 Å². The summed E-state index contributed by atoms with van der Waals surface area (Å²) in [5, 5.41) is 0. The number of rotatable bonds is 5. The van der Waals surface area contributed by atoms with Crippen LogP contribution in [0.3, 0.4) is 0 Å². The van der Waals surface area contributed by atoms with Crippen molar-refractivity contribution in [3.63, 3.8) is 0 Å². The van der Waals surface area contributed by atoms with Gasteiger partial charge in [-0.1, -0.05) is 13.3 Å². The van der Waals surface area contributed by atoms with Gasteiger partial charge in [-0.15, -0.1) is 0 Å². The highest BCUT2D eigenvalue weighted by atomic mass is 16.1. The van der Waals surface area contributed by atoms with Gasteiger partial charge in [0.25, 0.3) is 0 Å². The fourth-order valence-electron chi connectivity index (χ4n) is 2.32. The second-order valence-corrected chi connectivity index (χ2v) is 4.53. The van der Waals surface area contributed by atoms with Crippen molar-refractivity contribution in [3.8, 4) is 0 Å². The number of amides is 1. The van der Waals surface area contributed by atoms with Crippen molar-refractivity contribution >= 4 is 6.41 Å². The maximum Gasteiger partial charge on any atom is 0.442 e. The lowest BCUT2D eigenvalue weighted by Gasteiger charge is -2.28. The van der Waals surface area contributed by atoms with E-state index in [9.17, 15) is 4.79 Å². The van der Waals surface area contributed by atoms with Gasteiger partial charge in [0.05, 0.1) is 19.6 Å². The molecule has 0 unspecified atom stereocenters. The van der Waals surface area contributed by atoms with Crippen LogP contribution in [0.1, 0.15) is 51.9 Å². The molecule has 2 heteroatoms. The van der Waals surface area contributed by atoms with Crippen molar-refractivity contribution < 1.29 is 9.28 Å². The summed E-state index contributed by atoms with van der Waals surface area (Å²) in [6.45, 7) is 5.30. The highest BCUT2D eigenvalue weighted by Gasteiger charge is 2.29. The van der Waals surface area contributed by atoms with E-state index in [0.717, 1.165) is 19.6 Å². The average molecular weight is 197 g/mol. The van der Waals surface area contributed by atoms with E-state index in [2.05, 4.69) is 13.3 Å². The van der Waals surface area contributed by atoms with Crippen molar-refractivity contribution in [1.29, 1.82) is 0 Å². The molecular formula is C12H23NO+. The summed E-state index contributed by atoms with van der Waals surface area (Å²) in [6, 6.07) is 0. The maximum atomic E-state index is 11.1. The molecule has 1 fully saturated rings. The monoisotopic (exact) mass is 197 g/mol. The largest absolute Gasteiger partial charge is 0.442 e. The quantitative estimate of drug-likeness (QED) is 0.489. The second-order valence-electron chi connectivity index (χ2n) is 4.53. The van der Waals surface area contributed by atoms with Gasteiger partial charge in [0, 0.05) is 0 Å². The Morgan fingerprint density at radius 1 is 1.07 bits per heavy atom. The number of likely N-dealkylation sites (tertiary alicyclic amines) is 1. The highest BCUT2D eigenvalue weighted by Crippen LogP contribution is 2.17. The Bertz CT molecular complexity index is 160. The first-order chi connectivity index (χ1) is 6.83. The molecule has 0 atom stereocenters. The third kappa shape index (κ3) is 3.41. The van der Waals surface area contributed by atoms with Crippen LogP contribution in [-0.4, -0.2) is 30.5 Å². The highest BCUT2D eigenvalue weighted by molar-refractivity contribution is 5.38. The van der Waals surface area contributed by atoms with Crippen LogP contribution >= 0.6 is 0 Å². The summed E-state index contributed by atoms with van der Waals surface area (Å²) in [4.78, 5) is 11.1. The van der Waals surface area contributed by atoms with Crippen molar-refractivity contribution in [2.45, 2.75) is 51.9 Å². The van der Waals surface area contributed by atoms with Crippen molar-refractivity contribution in [2.24, 2.45) is 0 Å². The molecule has 1 amide bonds. The van der Waals surface area contributed by atoms with Crippen LogP contribution in [0.5, 0.6) is 0 Å². The first-order valence-electron chi connectivity index (χ1n) is 6.08. The molecule has 0 aromatic heterocycles. The Hall–Kier alpha value is -0.370. The molecule has 0 aromatic carbocycles. The Morgan fingerprint density at radius 2 is 1.71 bits per heavy atom. The summed E-state index contributed by atoms with van der Waals surface area (Å²) in [5.74, 6) is 0. The van der Waals surface area contributed by atoms with Gasteiger partial charge in [0.2, 0.25) is 0 Å². The molecule has 1 rings (SSSR count). The van der Waals surface area contributed by atoms with E-state index in [1.165, 1.54) is 44.9 Å². The first-order valence-corrected chi connectivity index (χ1v) is 6.08. The Kier molecular flexibility index (Phi) is 5.16. The zero-order valence-corrected chi connectivity index (χ0v) is 9.43. The molecule has 1 aliphatic heterocycles. The van der Waals surface area contributed by atoms with E-state index in [1.807, 2.05) is 0 Å². The van der Waals surface area contributed by atoms with E-state index >= 15 is 0 Å². The van der Waals surface area contributed by atoms with Gasteiger partial charge >= 0.3 is 6.41 Å². The minimum absolute atomic E-state index is 0.625. The lowest BCUT2D eigenvalue weighted by atomic mass is 10.2. The minimum Gasteiger partial charge on any atom is -0.248 e. The number of nitrogens with zero attached hydrogens (tertiary/aromatic N) is 1. The molecule has 0 spiro atoms. The molecule has 2 nitrogen and oxygen atoms in total. The molecule has 1 radical (unpaired) electrons. The van der Waals surface area contributed by atoms with E-state index in [4.69, 9.17) is 0 Å². The molecular weight excluding hydrogens is 174 g/mol. The molecule has 0 bridgehead atoms. The molecule has 1 aliphatic rings. The van der Waals surface area contributed by atoms with Gasteiger partial charge in [-0.3, -0.25) is 0 Å². The maximum absolute atomic E-state index is 11.1. The number of carbonyl (C=O) groups excluding carboxylic acids is 1. The van der Waals surface area contributed by atoms with E-state index < -0.39 is 0 Å². The van der Waals surface area contributed by atoms with Crippen LogP contribution < -0.4 is 0 Å². The molecule has 0 aliphatic carbocycles. The van der Waals surface area contributed by atoms with Crippen LogP contribution in [0.2, 0.25) is 0 Å². The van der Waals surface area contributed by atoms with Gasteiger partial charge in [-0.2, -0.15) is 0 Å². The lowest BCUT2D eigenvalue weighted by Crippen LogP contribution is -2.48. The zero-order valence-electron chi connectivity index (χ0n) is 9.43. The van der Waals surface area contributed by atoms with Crippen LogP contribution in [0.4, 0.5) is 0 Å². The van der Waals surface area contributed by atoms with Crippen LogP contribution in [0, 0.1) is 0 Å². The zero-order chi connectivity index (χ0) is 10.3. The predicted octanol–water partition coefficient (Wildman–Crippen LogP) is 2.63. The third-order valence-electron chi connectivity index (χ3n) is 3.31. The molecule has 1 heterocycles. The molecule has 81 valence electrons. The van der Waals surface area contributed by atoms with Crippen molar-refractivity contribution in [3.05, 3.63) is 0 Å². The Balaban J connectivity index is 2.41. The molecule has 0 N–H and O–H groups in total. The normalized spacial score (nSPS) is 21.5. The third-order valence-corrected chi connectivity index (χ3v) is 3.31. The van der Waals surface area contributed by atoms with E-state index in [1.54, 1.807) is 0 Å². The first kappa shape index (κ1) is 11.7. The van der Waals surface area contributed by atoms with Crippen LogP contribution in [-0.2, 0) is 4.79 Å². The fourth-order valence-corrected chi connectivity index (χ4v) is 2.32. The number of unbranched alkanes of at least 4 members (excludes halogenated alkanes) is 2. The topological polar surface area (TPSA) is 17.1 Å². The summed E-state index contributed by atoms with van der Waals surface area (Å²) in [6.07, 6.45) is 11.0. The van der Waals surface area contributed by atoms with E-state index in [-0.39, 0.29) is 0 Å². The van der Waals surface area contributed by atoms with Crippen molar-refractivity contribution in [1.82, 2.24) is 0 Å². The number of quaternary nitrogens is 1. The fraction of sp³-hybridized carbons (Fsp3) is 0.917. The second kappa shape index (κ2) is 6.18. The smallest absolute Gasteiger partial charge is 0.248 e. The summed E-state index contributed by atoms with van der Waals surface area (Å²) >= 11 is 0. The average Bonchev–Trinajstić information content (AvgIpc) is 2.45. The Morgan fingerprint density at radius 3 is 2.21 bits per heavy atom. The van der Waals surface area contributed by atoms with Gasteiger partial charge in [-0.25, -0.2) is 9.28 Å².